The third-order valence-electron chi connectivity index (χ3n) is 5.74. The van der Waals surface area contributed by atoms with E-state index in [9.17, 15) is 4.39 Å². The molecule has 0 saturated carbocycles. The zero-order chi connectivity index (χ0) is 22.9. The number of piperidine rings is 1. The van der Waals surface area contributed by atoms with Crippen LogP contribution in [0.4, 0.5) is 10.1 Å². The summed E-state index contributed by atoms with van der Waals surface area (Å²) < 4.78 is 29.6. The average Bonchev–Trinajstić information content (AvgIpc) is 2.84. The molecule has 1 saturated heterocycles. The minimum atomic E-state index is -0.257. The van der Waals surface area contributed by atoms with Crippen molar-refractivity contribution in [2.75, 3.05) is 52.9 Å². The molecular weight excluding hydrogens is 538 g/mol. The lowest BCUT2D eigenvalue weighted by Gasteiger charge is -2.35. The van der Waals surface area contributed by atoms with E-state index in [4.69, 9.17) is 14.2 Å². The standard InChI is InChI=1S/C24H33FN4O3.HI/c1-26-24(27-16-23(32-4)17-5-7-18(25)8-6-17)28-19-9-11-29(12-10-19)20-13-21(30-2)15-22(14-20)31-3;/h5-8,13-15,19,23H,9-12,16H2,1-4H3,(H2,26,27,28);1H. The lowest BCUT2D eigenvalue weighted by molar-refractivity contribution is 0.106. The molecule has 9 heteroatoms. The predicted octanol–water partition coefficient (Wildman–Crippen LogP) is 3.98. The molecule has 0 bridgehead atoms. The second kappa shape index (κ2) is 13.4. The Hall–Kier alpha value is -2.27. The van der Waals surface area contributed by atoms with Crippen LogP contribution in [0.3, 0.4) is 0 Å². The Labute approximate surface area is 212 Å². The van der Waals surface area contributed by atoms with Crippen LogP contribution < -0.4 is 25.0 Å². The van der Waals surface area contributed by atoms with Crippen LogP contribution in [0.1, 0.15) is 24.5 Å². The summed E-state index contributed by atoms with van der Waals surface area (Å²) in [6.07, 6.45) is 1.76. The van der Waals surface area contributed by atoms with E-state index in [1.807, 2.05) is 18.2 Å². The van der Waals surface area contributed by atoms with Crippen molar-refractivity contribution in [3.8, 4) is 11.5 Å². The quantitative estimate of drug-likeness (QED) is 0.284. The van der Waals surface area contributed by atoms with Gasteiger partial charge in [-0.15, -0.1) is 24.0 Å². The van der Waals surface area contributed by atoms with Gasteiger partial charge < -0.3 is 29.7 Å². The molecule has 2 aromatic carbocycles. The predicted molar refractivity (Wildman–Crippen MR) is 141 cm³/mol. The number of benzene rings is 2. The van der Waals surface area contributed by atoms with E-state index in [0.29, 0.717) is 12.6 Å². The maximum absolute atomic E-state index is 13.2. The van der Waals surface area contributed by atoms with E-state index in [0.717, 1.165) is 54.6 Å². The maximum atomic E-state index is 13.2. The van der Waals surface area contributed by atoms with E-state index in [1.54, 1.807) is 40.5 Å². The minimum Gasteiger partial charge on any atom is -0.497 e. The van der Waals surface area contributed by atoms with Crippen molar-refractivity contribution in [1.29, 1.82) is 0 Å². The molecule has 0 radical (unpaired) electrons. The Bertz CT molecular complexity index is 868. The molecule has 2 N–H and O–H groups in total. The number of nitrogens with zero attached hydrogens (tertiary/aromatic N) is 2. The number of halogens is 2. The van der Waals surface area contributed by atoms with Gasteiger partial charge in [-0.3, -0.25) is 4.99 Å². The van der Waals surface area contributed by atoms with Gasteiger partial charge in [0.25, 0.3) is 0 Å². The van der Waals surface area contributed by atoms with Crippen LogP contribution in [0.25, 0.3) is 0 Å². The molecular formula is C24H34FIN4O3. The highest BCUT2D eigenvalue weighted by Crippen LogP contribution is 2.30. The summed E-state index contributed by atoms with van der Waals surface area (Å²) in [5.41, 5.74) is 2.02. The summed E-state index contributed by atoms with van der Waals surface area (Å²) in [6.45, 7) is 2.37. The molecule has 0 aromatic heterocycles. The van der Waals surface area contributed by atoms with Crippen molar-refractivity contribution in [3.63, 3.8) is 0 Å². The third kappa shape index (κ3) is 7.63. The summed E-state index contributed by atoms with van der Waals surface area (Å²) in [5, 5.41) is 6.84. The number of aliphatic imine (C=N–C) groups is 1. The molecule has 7 nitrogen and oxygen atoms in total. The molecule has 1 fully saturated rings. The van der Waals surface area contributed by atoms with E-state index < -0.39 is 0 Å². The second-order valence-corrected chi connectivity index (χ2v) is 7.71. The Kier molecular flexibility index (Phi) is 11.0. The number of anilines is 1. The largest absolute Gasteiger partial charge is 0.497 e. The molecule has 33 heavy (non-hydrogen) atoms. The summed E-state index contributed by atoms with van der Waals surface area (Å²) in [7, 11) is 6.73. The molecule has 1 heterocycles. The van der Waals surface area contributed by atoms with E-state index in [1.165, 1.54) is 12.1 Å². The Morgan fingerprint density at radius 1 is 1.06 bits per heavy atom. The summed E-state index contributed by atoms with van der Waals surface area (Å²) in [5.74, 6) is 2.06. The Balaban J connectivity index is 0.00000385. The van der Waals surface area contributed by atoms with Crippen molar-refractivity contribution in [2.45, 2.75) is 25.0 Å². The molecule has 0 spiro atoms. The number of methoxy groups -OCH3 is 3. The zero-order valence-electron chi connectivity index (χ0n) is 19.6. The normalized spacial score (nSPS) is 15.4. The molecule has 1 atom stereocenters. The smallest absolute Gasteiger partial charge is 0.191 e. The van der Waals surface area contributed by atoms with E-state index >= 15 is 0 Å². The highest BCUT2D eigenvalue weighted by atomic mass is 127. The SMILES string of the molecule is CN=C(NCC(OC)c1ccc(F)cc1)NC1CCN(c2cc(OC)cc(OC)c2)CC1.I. The van der Waals surface area contributed by atoms with E-state index in [2.05, 4.69) is 20.5 Å². The summed E-state index contributed by atoms with van der Waals surface area (Å²) in [4.78, 5) is 6.69. The topological polar surface area (TPSA) is 67.4 Å². The molecule has 3 rings (SSSR count). The maximum Gasteiger partial charge on any atom is 0.191 e. The molecule has 0 aliphatic carbocycles. The first kappa shape index (κ1) is 27.0. The van der Waals surface area contributed by atoms with Gasteiger partial charge >= 0.3 is 0 Å². The second-order valence-electron chi connectivity index (χ2n) is 7.71. The number of ether oxygens (including phenoxy) is 3. The fraction of sp³-hybridized carbons (Fsp3) is 0.458. The van der Waals surface area contributed by atoms with E-state index in [-0.39, 0.29) is 35.9 Å². The van der Waals surface area contributed by atoms with Gasteiger partial charge in [0.05, 0.1) is 20.3 Å². The number of rotatable bonds is 8. The van der Waals surface area contributed by atoms with Crippen LogP contribution in [0.5, 0.6) is 11.5 Å². The fourth-order valence-electron chi connectivity index (χ4n) is 3.85. The monoisotopic (exact) mass is 572 g/mol. The van der Waals surface area contributed by atoms with Gasteiger partial charge in [-0.2, -0.15) is 0 Å². The number of hydrogen-bond donors (Lipinski definition) is 2. The molecule has 182 valence electrons. The first-order valence-corrected chi connectivity index (χ1v) is 10.8. The summed E-state index contributed by atoms with van der Waals surface area (Å²) >= 11 is 0. The Morgan fingerprint density at radius 2 is 1.67 bits per heavy atom. The van der Waals surface area contributed by atoms with Gasteiger partial charge in [0.1, 0.15) is 17.3 Å². The Morgan fingerprint density at radius 3 is 2.18 bits per heavy atom. The average molecular weight is 572 g/mol. The van der Waals surface area contributed by atoms with Gasteiger partial charge in [0.15, 0.2) is 5.96 Å². The van der Waals surface area contributed by atoms with Crippen LogP contribution >= 0.6 is 24.0 Å². The molecule has 1 aliphatic heterocycles. The van der Waals surface area contributed by atoms with Gasteiger partial charge in [-0.05, 0) is 30.5 Å². The third-order valence-corrected chi connectivity index (χ3v) is 5.74. The van der Waals surface area contributed by atoms with Crippen LogP contribution in [-0.4, -0.2) is 60.0 Å². The molecule has 0 amide bonds. The van der Waals surface area contributed by atoms with Gasteiger partial charge in [-0.25, -0.2) is 4.39 Å². The van der Waals surface area contributed by atoms with Crippen molar-refractivity contribution >= 4 is 35.6 Å². The van der Waals surface area contributed by atoms with Crippen molar-refractivity contribution in [3.05, 3.63) is 53.8 Å². The summed E-state index contributed by atoms with van der Waals surface area (Å²) in [6, 6.07) is 12.6. The highest BCUT2D eigenvalue weighted by Gasteiger charge is 2.21. The first-order chi connectivity index (χ1) is 15.6. The highest BCUT2D eigenvalue weighted by molar-refractivity contribution is 14.0. The van der Waals surface area contributed by atoms with Crippen molar-refractivity contribution in [1.82, 2.24) is 10.6 Å². The number of hydrogen-bond acceptors (Lipinski definition) is 5. The van der Waals surface area contributed by atoms with Crippen LogP contribution in [0.2, 0.25) is 0 Å². The number of nitrogens with one attached hydrogen (secondary N) is 2. The molecule has 1 aliphatic rings. The van der Waals surface area contributed by atoms with Crippen molar-refractivity contribution < 1.29 is 18.6 Å². The lowest BCUT2D eigenvalue weighted by Crippen LogP contribution is -2.49. The van der Waals surface area contributed by atoms with Crippen LogP contribution in [-0.2, 0) is 4.74 Å². The van der Waals surface area contributed by atoms with Gasteiger partial charge in [0.2, 0.25) is 0 Å². The number of guanidine groups is 1. The van der Waals surface area contributed by atoms with Crippen molar-refractivity contribution in [2.24, 2.45) is 4.99 Å². The van der Waals surface area contributed by atoms with Gasteiger partial charge in [0, 0.05) is 63.7 Å². The molecule has 2 aromatic rings. The lowest BCUT2D eigenvalue weighted by atomic mass is 10.0. The molecule has 1 unspecified atom stereocenters. The first-order valence-electron chi connectivity index (χ1n) is 10.8. The van der Waals surface area contributed by atoms with Crippen LogP contribution in [0.15, 0.2) is 47.5 Å². The fourth-order valence-corrected chi connectivity index (χ4v) is 3.85. The zero-order valence-corrected chi connectivity index (χ0v) is 22.0. The van der Waals surface area contributed by atoms with Crippen LogP contribution in [0, 0.1) is 5.82 Å². The minimum absolute atomic E-state index is 0. The van der Waals surface area contributed by atoms with Gasteiger partial charge in [-0.1, -0.05) is 12.1 Å².